The molecule has 3 atom stereocenters. The summed E-state index contributed by atoms with van der Waals surface area (Å²) in [5.41, 5.74) is 5.35. The average Bonchev–Trinajstić information content (AvgIpc) is 3.32. The molecule has 1 aliphatic heterocycles. The molecule has 3 nitrogen and oxygen atoms in total. The number of allylic oxidation sites excluding steroid dienone is 2. The zero-order valence-electron chi connectivity index (χ0n) is 20.1. The van der Waals surface area contributed by atoms with Gasteiger partial charge in [-0.3, -0.25) is 0 Å². The molecule has 2 aliphatic rings. The van der Waals surface area contributed by atoms with Crippen molar-refractivity contribution in [3.05, 3.63) is 65.7 Å². The number of hydrogen-bond acceptors (Lipinski definition) is 3. The van der Waals surface area contributed by atoms with E-state index in [0.717, 1.165) is 38.3 Å². The maximum absolute atomic E-state index is 6.11. The topological polar surface area (TPSA) is 24.5 Å². The molecule has 4 rings (SSSR count). The van der Waals surface area contributed by atoms with Crippen molar-refractivity contribution in [2.45, 2.75) is 71.3 Å². The lowest BCUT2D eigenvalue weighted by atomic mass is 9.77. The fourth-order valence-electron chi connectivity index (χ4n) is 5.37. The molecule has 3 heteroatoms. The van der Waals surface area contributed by atoms with Crippen molar-refractivity contribution in [3.8, 4) is 5.75 Å². The van der Waals surface area contributed by atoms with Crippen LogP contribution in [0.2, 0.25) is 0 Å². The van der Waals surface area contributed by atoms with Gasteiger partial charge in [0, 0.05) is 30.4 Å². The van der Waals surface area contributed by atoms with Crippen molar-refractivity contribution in [2.24, 2.45) is 5.92 Å². The smallest absolute Gasteiger partial charge is 0.119 e. The number of ether oxygens (including phenoxy) is 1. The van der Waals surface area contributed by atoms with Gasteiger partial charge in [0.15, 0.2) is 0 Å². The molecule has 0 radical (unpaired) electrons. The molecule has 1 heterocycles. The molecule has 0 amide bonds. The van der Waals surface area contributed by atoms with E-state index >= 15 is 0 Å². The minimum absolute atomic E-state index is 0.346. The molecular weight excluding hydrogens is 392 g/mol. The van der Waals surface area contributed by atoms with Crippen LogP contribution < -0.4 is 15.0 Å². The first-order chi connectivity index (χ1) is 15.7. The fraction of sp³-hybridized carbons (Fsp3) is 0.517. The van der Waals surface area contributed by atoms with Crippen LogP contribution in [0.15, 0.2) is 54.6 Å². The summed E-state index contributed by atoms with van der Waals surface area (Å²) >= 11 is 0. The summed E-state index contributed by atoms with van der Waals surface area (Å²) in [5, 5.41) is 3.87. The van der Waals surface area contributed by atoms with Crippen molar-refractivity contribution < 1.29 is 4.74 Å². The lowest BCUT2D eigenvalue weighted by Crippen LogP contribution is -2.29. The van der Waals surface area contributed by atoms with Crippen LogP contribution in [0.25, 0.3) is 0 Å². The molecule has 0 saturated heterocycles. The zero-order valence-corrected chi connectivity index (χ0v) is 20.1. The van der Waals surface area contributed by atoms with Crippen molar-refractivity contribution in [2.75, 3.05) is 29.9 Å². The van der Waals surface area contributed by atoms with Crippen molar-refractivity contribution in [1.29, 1.82) is 0 Å². The molecule has 2 aromatic rings. The Balaban J connectivity index is 1.46. The number of hydrogen-bond donors (Lipinski definition) is 1. The summed E-state index contributed by atoms with van der Waals surface area (Å²) in [6.45, 7) is 9.60. The van der Waals surface area contributed by atoms with Crippen LogP contribution >= 0.6 is 0 Å². The molecule has 1 aliphatic carbocycles. The first-order valence-electron chi connectivity index (χ1n) is 12.8. The van der Waals surface area contributed by atoms with Crippen LogP contribution in [-0.2, 0) is 0 Å². The highest BCUT2D eigenvalue weighted by Gasteiger charge is 2.38. The molecule has 32 heavy (non-hydrogen) atoms. The Morgan fingerprint density at radius 1 is 0.938 bits per heavy atom. The van der Waals surface area contributed by atoms with E-state index in [-0.39, 0.29) is 0 Å². The average molecular weight is 433 g/mol. The van der Waals surface area contributed by atoms with Crippen LogP contribution in [-0.4, -0.2) is 19.7 Å². The Morgan fingerprint density at radius 2 is 1.72 bits per heavy atom. The second kappa shape index (κ2) is 10.9. The Morgan fingerprint density at radius 3 is 2.47 bits per heavy atom. The van der Waals surface area contributed by atoms with Crippen LogP contribution in [0.3, 0.4) is 0 Å². The standard InChI is InChI=1S/C29H40N2O/c1-4-7-8-9-10-20-32-24-18-19-28-27(21-24)25-12-11-13-26(25)29(30-28)22-14-16-23(17-15-22)31(5-2)6-3/h11-12,14-19,21,25-26,29-30H,4-10,13,20H2,1-3H3. The fourth-order valence-corrected chi connectivity index (χ4v) is 5.37. The monoisotopic (exact) mass is 432 g/mol. The molecule has 0 spiro atoms. The van der Waals surface area contributed by atoms with Gasteiger partial charge < -0.3 is 15.0 Å². The SMILES string of the molecule is CCCCCCCOc1ccc2c(c1)C1C=CCC1C(c1ccc(N(CC)CC)cc1)N2. The third kappa shape index (κ3) is 4.98. The molecule has 172 valence electrons. The van der Waals surface area contributed by atoms with Crippen molar-refractivity contribution >= 4 is 11.4 Å². The van der Waals surface area contributed by atoms with Crippen LogP contribution in [0.4, 0.5) is 11.4 Å². The largest absolute Gasteiger partial charge is 0.494 e. The first kappa shape index (κ1) is 22.8. The Bertz CT molecular complexity index is 885. The molecular formula is C29H40N2O. The van der Waals surface area contributed by atoms with Gasteiger partial charge in [-0.25, -0.2) is 0 Å². The van der Waals surface area contributed by atoms with Crippen LogP contribution in [0, 0.1) is 5.92 Å². The first-order valence-corrected chi connectivity index (χ1v) is 12.8. The van der Waals surface area contributed by atoms with E-state index in [0.29, 0.717) is 17.9 Å². The lowest BCUT2D eigenvalue weighted by Gasteiger charge is -2.38. The van der Waals surface area contributed by atoms with Gasteiger partial charge in [-0.1, -0.05) is 56.9 Å². The molecule has 1 N–H and O–H groups in total. The van der Waals surface area contributed by atoms with E-state index in [1.165, 1.54) is 48.2 Å². The van der Waals surface area contributed by atoms with Gasteiger partial charge in [0.1, 0.15) is 5.75 Å². The van der Waals surface area contributed by atoms with Gasteiger partial charge >= 0.3 is 0 Å². The predicted octanol–water partition coefficient (Wildman–Crippen LogP) is 7.71. The second-order valence-electron chi connectivity index (χ2n) is 9.25. The molecule has 0 aromatic heterocycles. The zero-order chi connectivity index (χ0) is 22.3. The summed E-state index contributed by atoms with van der Waals surface area (Å²) in [5.74, 6) is 2.04. The highest BCUT2D eigenvalue weighted by Crippen LogP contribution is 2.50. The number of fused-ring (bicyclic) bond motifs is 3. The molecule has 0 bridgehead atoms. The van der Waals surface area contributed by atoms with Gasteiger partial charge in [0.2, 0.25) is 0 Å². The van der Waals surface area contributed by atoms with E-state index in [1.54, 1.807) is 0 Å². The number of unbranched alkanes of at least 4 members (excludes halogenated alkanes) is 4. The van der Waals surface area contributed by atoms with Crippen molar-refractivity contribution in [1.82, 2.24) is 0 Å². The minimum atomic E-state index is 0.346. The maximum atomic E-state index is 6.11. The number of benzene rings is 2. The Labute approximate surface area is 194 Å². The Hall–Kier alpha value is -2.42. The summed E-state index contributed by atoms with van der Waals surface area (Å²) in [4.78, 5) is 2.40. The van der Waals surface area contributed by atoms with E-state index in [9.17, 15) is 0 Å². The molecule has 3 unspecified atom stereocenters. The second-order valence-corrected chi connectivity index (χ2v) is 9.25. The number of rotatable bonds is 11. The van der Waals surface area contributed by atoms with Gasteiger partial charge in [0.25, 0.3) is 0 Å². The summed E-state index contributed by atoms with van der Waals surface area (Å²) in [6.07, 6.45) is 12.3. The summed E-state index contributed by atoms with van der Waals surface area (Å²) < 4.78 is 6.11. The van der Waals surface area contributed by atoms with E-state index < -0.39 is 0 Å². The number of nitrogens with one attached hydrogen (secondary N) is 1. The minimum Gasteiger partial charge on any atom is -0.494 e. The number of anilines is 2. The lowest BCUT2D eigenvalue weighted by molar-refractivity contribution is 0.303. The third-order valence-corrected chi connectivity index (χ3v) is 7.23. The number of nitrogens with zero attached hydrogens (tertiary/aromatic N) is 1. The molecule has 2 aromatic carbocycles. The van der Waals surface area contributed by atoms with Crippen LogP contribution in [0.5, 0.6) is 5.75 Å². The molecule has 0 fully saturated rings. The van der Waals surface area contributed by atoms with E-state index in [4.69, 9.17) is 4.74 Å². The van der Waals surface area contributed by atoms with Gasteiger partial charge in [-0.05, 0) is 74.1 Å². The quantitative estimate of drug-likeness (QED) is 0.291. The third-order valence-electron chi connectivity index (χ3n) is 7.23. The van der Waals surface area contributed by atoms with E-state index in [2.05, 4.69) is 85.6 Å². The summed E-state index contributed by atoms with van der Waals surface area (Å²) in [7, 11) is 0. The van der Waals surface area contributed by atoms with Gasteiger partial charge in [-0.2, -0.15) is 0 Å². The summed E-state index contributed by atoms with van der Waals surface area (Å²) in [6, 6.07) is 16.2. The van der Waals surface area contributed by atoms with Gasteiger partial charge in [0.05, 0.1) is 12.6 Å². The predicted molar refractivity (Wildman–Crippen MR) is 137 cm³/mol. The maximum Gasteiger partial charge on any atom is 0.119 e. The normalized spacial score (nSPS) is 21.0. The highest BCUT2D eigenvalue weighted by molar-refractivity contribution is 5.62. The van der Waals surface area contributed by atoms with E-state index in [1.807, 2.05) is 0 Å². The highest BCUT2D eigenvalue weighted by atomic mass is 16.5. The van der Waals surface area contributed by atoms with Gasteiger partial charge in [-0.15, -0.1) is 0 Å². The van der Waals surface area contributed by atoms with Crippen LogP contribution in [0.1, 0.15) is 82.4 Å². The Kier molecular flexibility index (Phi) is 7.78. The van der Waals surface area contributed by atoms with Crippen molar-refractivity contribution in [3.63, 3.8) is 0 Å². The molecule has 0 saturated carbocycles.